The molecule has 0 fully saturated rings. The molecule has 0 aliphatic heterocycles. The van der Waals surface area contributed by atoms with Crippen molar-refractivity contribution in [3.63, 3.8) is 0 Å². The summed E-state index contributed by atoms with van der Waals surface area (Å²) < 4.78 is 1.89. The second-order valence-electron chi connectivity index (χ2n) is 3.66. The fourth-order valence-electron chi connectivity index (χ4n) is 1.56. The van der Waals surface area contributed by atoms with Crippen LogP contribution in [0, 0.1) is 2.88 Å². The molecule has 6 heteroatoms. The molecule has 2 rings (SSSR count). The van der Waals surface area contributed by atoms with E-state index in [9.17, 15) is 4.79 Å². The van der Waals surface area contributed by atoms with Crippen molar-refractivity contribution in [3.05, 3.63) is 41.2 Å². The first kappa shape index (κ1) is 14.3. The molecule has 0 atom stereocenters. The monoisotopic (exact) mass is 411 g/mol. The van der Waals surface area contributed by atoms with E-state index in [0.29, 0.717) is 13.1 Å². The van der Waals surface area contributed by atoms with Gasteiger partial charge in [0, 0.05) is 16.8 Å². The van der Waals surface area contributed by atoms with Crippen LogP contribution < -0.4 is 0 Å². The van der Waals surface area contributed by atoms with E-state index in [1.165, 1.54) is 11.3 Å². The third-order valence-corrected chi connectivity index (χ3v) is 5.46. The van der Waals surface area contributed by atoms with Gasteiger partial charge in [-0.05, 0) is 47.7 Å². The standard InChI is InChI=1S/C12H11ClINOS2/c1-2-15(6-9-3-4-10(13)18-9)12(16)8-5-11(14)17-7-8/h3-5,7H,2,6H2,1H3. The number of hydrogen-bond donors (Lipinski definition) is 0. The van der Waals surface area contributed by atoms with E-state index < -0.39 is 0 Å². The quantitative estimate of drug-likeness (QED) is 0.666. The Balaban J connectivity index is 2.11. The minimum atomic E-state index is 0.0844. The lowest BCUT2D eigenvalue weighted by molar-refractivity contribution is 0.0754. The van der Waals surface area contributed by atoms with E-state index >= 15 is 0 Å². The third kappa shape index (κ3) is 3.46. The number of halogens is 2. The van der Waals surface area contributed by atoms with Crippen molar-refractivity contribution in [2.45, 2.75) is 13.5 Å². The van der Waals surface area contributed by atoms with Crippen LogP contribution in [0.25, 0.3) is 0 Å². The zero-order chi connectivity index (χ0) is 13.1. The first-order valence-corrected chi connectivity index (χ1v) is 8.53. The van der Waals surface area contributed by atoms with Crippen LogP contribution >= 0.6 is 56.9 Å². The highest BCUT2D eigenvalue weighted by atomic mass is 127. The second-order valence-corrected chi connectivity index (χ2v) is 8.27. The van der Waals surface area contributed by atoms with Gasteiger partial charge >= 0.3 is 0 Å². The van der Waals surface area contributed by atoms with Crippen LogP contribution in [-0.2, 0) is 6.54 Å². The molecule has 0 saturated carbocycles. The molecule has 0 aromatic carbocycles. The summed E-state index contributed by atoms with van der Waals surface area (Å²) in [6.45, 7) is 3.31. The molecule has 2 heterocycles. The molecule has 0 spiro atoms. The van der Waals surface area contributed by atoms with Gasteiger partial charge in [0.1, 0.15) is 0 Å². The van der Waals surface area contributed by atoms with Gasteiger partial charge in [-0.1, -0.05) is 11.6 Å². The van der Waals surface area contributed by atoms with E-state index in [-0.39, 0.29) is 5.91 Å². The summed E-state index contributed by atoms with van der Waals surface area (Å²) in [5.41, 5.74) is 0.772. The molecule has 1 amide bonds. The topological polar surface area (TPSA) is 20.3 Å². The van der Waals surface area contributed by atoms with Gasteiger partial charge in [0.05, 0.1) is 19.3 Å². The molecule has 0 unspecified atom stereocenters. The number of nitrogens with zero attached hydrogens (tertiary/aromatic N) is 1. The molecule has 0 aliphatic carbocycles. The van der Waals surface area contributed by atoms with Gasteiger partial charge in [0.2, 0.25) is 0 Å². The molecule has 96 valence electrons. The second kappa shape index (κ2) is 6.36. The van der Waals surface area contributed by atoms with E-state index in [0.717, 1.165) is 17.7 Å². The van der Waals surface area contributed by atoms with Crippen molar-refractivity contribution in [3.8, 4) is 0 Å². The molecular weight excluding hydrogens is 401 g/mol. The van der Waals surface area contributed by atoms with Crippen molar-refractivity contribution in [1.82, 2.24) is 4.90 Å². The van der Waals surface area contributed by atoms with Crippen LogP contribution in [0.15, 0.2) is 23.6 Å². The number of thiophene rings is 2. The van der Waals surface area contributed by atoms with Crippen molar-refractivity contribution < 1.29 is 4.79 Å². The zero-order valence-corrected chi connectivity index (χ0v) is 14.2. The largest absolute Gasteiger partial charge is 0.334 e. The zero-order valence-electron chi connectivity index (χ0n) is 9.65. The Morgan fingerprint density at radius 2 is 2.28 bits per heavy atom. The summed E-state index contributed by atoms with van der Waals surface area (Å²) in [5, 5.41) is 1.91. The summed E-state index contributed by atoms with van der Waals surface area (Å²) in [7, 11) is 0. The van der Waals surface area contributed by atoms with Crippen LogP contribution in [0.1, 0.15) is 22.2 Å². The molecule has 2 nitrogen and oxygen atoms in total. The normalized spacial score (nSPS) is 10.6. The van der Waals surface area contributed by atoms with Gasteiger partial charge in [-0.2, -0.15) is 0 Å². The highest BCUT2D eigenvalue weighted by Crippen LogP contribution is 2.24. The summed E-state index contributed by atoms with van der Waals surface area (Å²) in [4.78, 5) is 15.2. The first-order valence-electron chi connectivity index (χ1n) is 5.37. The molecule has 2 aromatic rings. The predicted molar refractivity (Wildman–Crippen MR) is 86.8 cm³/mol. The summed E-state index contributed by atoms with van der Waals surface area (Å²) in [6, 6.07) is 5.77. The Kier molecular flexibility index (Phi) is 5.06. The van der Waals surface area contributed by atoms with Crippen LogP contribution in [0.2, 0.25) is 4.34 Å². The van der Waals surface area contributed by atoms with Crippen molar-refractivity contribution in [2.75, 3.05) is 6.54 Å². The Morgan fingerprint density at radius 3 is 2.78 bits per heavy atom. The SMILES string of the molecule is CCN(Cc1ccc(Cl)s1)C(=O)c1csc(I)c1. The Bertz CT molecular complexity index is 552. The third-order valence-electron chi connectivity index (χ3n) is 2.46. The molecule has 18 heavy (non-hydrogen) atoms. The Morgan fingerprint density at radius 1 is 1.50 bits per heavy atom. The molecule has 2 aromatic heterocycles. The van der Waals surface area contributed by atoms with Crippen LogP contribution in [0.5, 0.6) is 0 Å². The van der Waals surface area contributed by atoms with E-state index in [2.05, 4.69) is 22.6 Å². The molecule has 0 N–H and O–H groups in total. The average Bonchev–Trinajstić information content (AvgIpc) is 2.94. The van der Waals surface area contributed by atoms with E-state index in [4.69, 9.17) is 11.6 Å². The van der Waals surface area contributed by atoms with E-state index in [1.54, 1.807) is 11.3 Å². The maximum absolute atomic E-state index is 12.3. The fourth-order valence-corrected chi connectivity index (χ4v) is 3.98. The lowest BCUT2D eigenvalue weighted by atomic mass is 10.3. The van der Waals surface area contributed by atoms with Crippen molar-refractivity contribution >= 4 is 62.8 Å². The summed E-state index contributed by atoms with van der Waals surface area (Å²) >= 11 is 11.2. The average molecular weight is 412 g/mol. The van der Waals surface area contributed by atoms with Crippen LogP contribution in [0.3, 0.4) is 0 Å². The van der Waals surface area contributed by atoms with Crippen molar-refractivity contribution in [2.24, 2.45) is 0 Å². The predicted octanol–water partition coefficient (Wildman–Crippen LogP) is 4.73. The molecule has 0 aliphatic rings. The van der Waals surface area contributed by atoms with Gasteiger partial charge in [-0.15, -0.1) is 22.7 Å². The number of amides is 1. The fraction of sp³-hybridized carbons (Fsp3) is 0.250. The van der Waals surface area contributed by atoms with Crippen LogP contribution in [-0.4, -0.2) is 17.4 Å². The van der Waals surface area contributed by atoms with Crippen molar-refractivity contribution in [1.29, 1.82) is 0 Å². The van der Waals surface area contributed by atoms with Gasteiger partial charge in [-0.3, -0.25) is 4.79 Å². The number of hydrogen-bond acceptors (Lipinski definition) is 3. The van der Waals surface area contributed by atoms with Gasteiger partial charge in [-0.25, -0.2) is 0 Å². The van der Waals surface area contributed by atoms with Gasteiger partial charge in [0.25, 0.3) is 5.91 Å². The minimum absolute atomic E-state index is 0.0844. The highest BCUT2D eigenvalue weighted by Gasteiger charge is 2.16. The number of rotatable bonds is 4. The Labute approximate surface area is 133 Å². The first-order chi connectivity index (χ1) is 8.60. The molecule has 0 saturated heterocycles. The number of carbonyl (C=O) groups excluding carboxylic acids is 1. The van der Waals surface area contributed by atoms with E-state index in [1.807, 2.05) is 35.4 Å². The highest BCUT2D eigenvalue weighted by molar-refractivity contribution is 14.1. The minimum Gasteiger partial charge on any atom is -0.334 e. The molecule has 0 radical (unpaired) electrons. The molecule has 0 bridgehead atoms. The Hall–Kier alpha value is -0.110. The lowest BCUT2D eigenvalue weighted by Gasteiger charge is -2.19. The maximum atomic E-state index is 12.3. The van der Waals surface area contributed by atoms with Gasteiger partial charge in [0.15, 0.2) is 0 Å². The lowest BCUT2D eigenvalue weighted by Crippen LogP contribution is -2.29. The van der Waals surface area contributed by atoms with Gasteiger partial charge < -0.3 is 4.90 Å². The molecular formula is C12H11ClINOS2. The smallest absolute Gasteiger partial charge is 0.255 e. The summed E-state index contributed by atoms with van der Waals surface area (Å²) in [6.07, 6.45) is 0. The van der Waals surface area contributed by atoms with Crippen LogP contribution in [0.4, 0.5) is 0 Å². The number of carbonyl (C=O) groups is 1. The maximum Gasteiger partial charge on any atom is 0.255 e. The summed E-state index contributed by atoms with van der Waals surface area (Å²) in [5.74, 6) is 0.0844.